The summed E-state index contributed by atoms with van der Waals surface area (Å²) in [7, 11) is -3.02. The summed E-state index contributed by atoms with van der Waals surface area (Å²) in [5, 5.41) is 2.81. The summed E-state index contributed by atoms with van der Waals surface area (Å²) in [4.78, 5) is 23.8. The molecule has 3 rings (SSSR count). The fourth-order valence-corrected chi connectivity index (χ4v) is 5.33. The highest BCUT2D eigenvalue weighted by atomic mass is 32.2. The largest absolute Gasteiger partial charge is 0.347 e. The van der Waals surface area contributed by atoms with Crippen LogP contribution in [0.4, 0.5) is 5.95 Å². The molecular weight excluding hydrogens is 340 g/mol. The fourth-order valence-electron chi connectivity index (χ4n) is 3.65. The molecule has 2 aliphatic heterocycles. The number of aryl methyl sites for hydroxylation is 1. The van der Waals surface area contributed by atoms with Gasteiger partial charge in [-0.05, 0) is 45.1 Å². The number of hydrogen-bond donors (Lipinski definition) is 1. The van der Waals surface area contributed by atoms with E-state index in [1.807, 2.05) is 6.92 Å². The van der Waals surface area contributed by atoms with Crippen molar-refractivity contribution in [1.29, 1.82) is 0 Å². The van der Waals surface area contributed by atoms with Crippen LogP contribution in [0.2, 0.25) is 0 Å². The van der Waals surface area contributed by atoms with Gasteiger partial charge >= 0.3 is 0 Å². The second kappa shape index (κ2) is 7.27. The van der Waals surface area contributed by atoms with Crippen LogP contribution in [0.5, 0.6) is 0 Å². The van der Waals surface area contributed by atoms with Crippen LogP contribution in [-0.2, 0) is 9.84 Å². The normalized spacial score (nSPS) is 25.8. The topological polar surface area (TPSA) is 92.3 Å². The number of amides is 1. The minimum absolute atomic E-state index is 0.0136. The van der Waals surface area contributed by atoms with Crippen LogP contribution in [0.25, 0.3) is 0 Å². The zero-order valence-electron chi connectivity index (χ0n) is 14.9. The van der Waals surface area contributed by atoms with Gasteiger partial charge in [-0.1, -0.05) is 6.92 Å². The Morgan fingerprint density at radius 3 is 2.80 bits per heavy atom. The van der Waals surface area contributed by atoms with Crippen molar-refractivity contribution in [2.45, 2.75) is 58.0 Å². The third kappa shape index (κ3) is 4.29. The minimum atomic E-state index is -3.02. The number of piperidine rings is 1. The lowest BCUT2D eigenvalue weighted by molar-refractivity contribution is 0.0936. The van der Waals surface area contributed by atoms with Crippen molar-refractivity contribution in [2.24, 2.45) is 0 Å². The van der Waals surface area contributed by atoms with E-state index in [1.165, 1.54) is 6.42 Å². The van der Waals surface area contributed by atoms with E-state index in [0.717, 1.165) is 31.5 Å². The highest BCUT2D eigenvalue weighted by Crippen LogP contribution is 2.24. The van der Waals surface area contributed by atoms with Crippen LogP contribution in [0.3, 0.4) is 0 Å². The molecule has 2 unspecified atom stereocenters. The Bertz CT molecular complexity index is 750. The van der Waals surface area contributed by atoms with Gasteiger partial charge in [0.05, 0.1) is 11.5 Å². The quantitative estimate of drug-likeness (QED) is 0.867. The van der Waals surface area contributed by atoms with Gasteiger partial charge in [0.1, 0.15) is 5.69 Å². The fraction of sp³-hybridized carbons (Fsp3) is 0.706. The molecular formula is C17H26N4O3S. The highest BCUT2D eigenvalue weighted by Gasteiger charge is 2.30. The van der Waals surface area contributed by atoms with Crippen molar-refractivity contribution in [3.63, 3.8) is 0 Å². The van der Waals surface area contributed by atoms with Crippen LogP contribution >= 0.6 is 0 Å². The number of nitrogens with zero attached hydrogens (tertiary/aromatic N) is 3. The molecule has 0 aromatic carbocycles. The Kier molecular flexibility index (Phi) is 5.27. The summed E-state index contributed by atoms with van der Waals surface area (Å²) < 4.78 is 23.1. The summed E-state index contributed by atoms with van der Waals surface area (Å²) in [6.07, 6.45) is 4.93. The van der Waals surface area contributed by atoms with Gasteiger partial charge in [0.25, 0.3) is 5.91 Å². The summed E-state index contributed by atoms with van der Waals surface area (Å²) in [6.45, 7) is 4.92. The summed E-state index contributed by atoms with van der Waals surface area (Å²) in [6, 6.07) is 1.74. The van der Waals surface area contributed by atoms with Gasteiger partial charge in [0.15, 0.2) is 9.84 Å². The number of carbonyl (C=O) groups excluding carboxylic acids is 1. The minimum Gasteiger partial charge on any atom is -0.347 e. The van der Waals surface area contributed by atoms with Crippen molar-refractivity contribution < 1.29 is 13.2 Å². The number of anilines is 1. The van der Waals surface area contributed by atoms with E-state index < -0.39 is 9.84 Å². The van der Waals surface area contributed by atoms with E-state index in [4.69, 9.17) is 0 Å². The molecule has 8 heteroatoms. The maximum atomic E-state index is 12.5. The van der Waals surface area contributed by atoms with E-state index in [1.54, 1.807) is 6.07 Å². The van der Waals surface area contributed by atoms with Crippen LogP contribution in [0.1, 0.15) is 55.2 Å². The molecule has 2 aliphatic rings. The molecule has 0 saturated carbocycles. The Morgan fingerprint density at radius 1 is 1.32 bits per heavy atom. The van der Waals surface area contributed by atoms with Crippen LogP contribution in [-0.4, -0.2) is 54.4 Å². The molecule has 1 amide bonds. The zero-order valence-corrected chi connectivity index (χ0v) is 15.7. The monoisotopic (exact) mass is 366 g/mol. The smallest absolute Gasteiger partial charge is 0.270 e. The number of nitrogens with one attached hydrogen (secondary N) is 1. The van der Waals surface area contributed by atoms with Crippen molar-refractivity contribution in [1.82, 2.24) is 15.3 Å². The number of hydrogen-bond acceptors (Lipinski definition) is 6. The number of aromatic nitrogens is 2. The van der Waals surface area contributed by atoms with Crippen molar-refractivity contribution in [3.05, 3.63) is 17.5 Å². The first-order valence-corrected chi connectivity index (χ1v) is 10.8. The van der Waals surface area contributed by atoms with Gasteiger partial charge in [-0.3, -0.25) is 4.79 Å². The molecule has 1 aromatic rings. The summed E-state index contributed by atoms with van der Waals surface area (Å²) >= 11 is 0. The van der Waals surface area contributed by atoms with Gasteiger partial charge in [-0.25, -0.2) is 18.4 Å². The zero-order chi connectivity index (χ0) is 18.0. The molecule has 0 aliphatic carbocycles. The van der Waals surface area contributed by atoms with Gasteiger partial charge < -0.3 is 10.2 Å². The lowest BCUT2D eigenvalue weighted by Gasteiger charge is -2.35. The molecule has 0 radical (unpaired) electrons. The number of carbonyl (C=O) groups is 1. The molecule has 0 bridgehead atoms. The Morgan fingerprint density at radius 2 is 2.12 bits per heavy atom. The Labute approximate surface area is 149 Å². The average molecular weight is 366 g/mol. The summed E-state index contributed by atoms with van der Waals surface area (Å²) in [5.74, 6) is 0.437. The van der Waals surface area contributed by atoms with E-state index in [2.05, 4.69) is 27.1 Å². The highest BCUT2D eigenvalue weighted by molar-refractivity contribution is 7.91. The first kappa shape index (κ1) is 18.1. The molecule has 3 heterocycles. The third-order valence-corrected chi connectivity index (χ3v) is 6.77. The lowest BCUT2D eigenvalue weighted by Crippen LogP contribution is -2.41. The van der Waals surface area contributed by atoms with Gasteiger partial charge in [0.2, 0.25) is 5.95 Å². The van der Waals surface area contributed by atoms with Gasteiger partial charge in [-0.2, -0.15) is 0 Å². The SMILES string of the molecule is CCC1CCCCN1c1nc(C)cc(C(=O)NC2CCS(=O)(=O)C2)n1. The van der Waals surface area contributed by atoms with E-state index in [-0.39, 0.29) is 23.5 Å². The maximum absolute atomic E-state index is 12.5. The van der Waals surface area contributed by atoms with Crippen LogP contribution < -0.4 is 10.2 Å². The molecule has 1 aromatic heterocycles. The molecule has 25 heavy (non-hydrogen) atoms. The average Bonchev–Trinajstić information content (AvgIpc) is 2.92. The second-order valence-corrected chi connectivity index (χ2v) is 9.25. The lowest BCUT2D eigenvalue weighted by atomic mass is 10.0. The van der Waals surface area contributed by atoms with E-state index in [9.17, 15) is 13.2 Å². The summed E-state index contributed by atoms with van der Waals surface area (Å²) in [5.41, 5.74) is 1.06. The molecule has 2 atom stereocenters. The number of sulfone groups is 1. The van der Waals surface area contributed by atoms with E-state index in [0.29, 0.717) is 24.1 Å². The van der Waals surface area contributed by atoms with Crippen molar-refractivity contribution in [2.75, 3.05) is 23.0 Å². The standard InChI is InChI=1S/C17H26N4O3S/c1-3-14-6-4-5-8-21(14)17-18-12(2)10-15(20-17)16(22)19-13-7-9-25(23,24)11-13/h10,13-14H,3-9,11H2,1-2H3,(H,19,22). The van der Waals surface area contributed by atoms with Crippen LogP contribution in [0, 0.1) is 6.92 Å². The van der Waals surface area contributed by atoms with Gasteiger partial charge in [-0.15, -0.1) is 0 Å². The predicted octanol–water partition coefficient (Wildman–Crippen LogP) is 1.47. The molecule has 1 N–H and O–H groups in total. The van der Waals surface area contributed by atoms with Crippen molar-refractivity contribution >= 4 is 21.7 Å². The first-order valence-electron chi connectivity index (χ1n) is 9.01. The first-order chi connectivity index (χ1) is 11.9. The number of rotatable bonds is 4. The van der Waals surface area contributed by atoms with Crippen molar-refractivity contribution in [3.8, 4) is 0 Å². The maximum Gasteiger partial charge on any atom is 0.270 e. The Balaban J connectivity index is 1.78. The molecule has 2 saturated heterocycles. The predicted molar refractivity (Wildman–Crippen MR) is 96.6 cm³/mol. The van der Waals surface area contributed by atoms with Crippen LogP contribution in [0.15, 0.2) is 6.07 Å². The molecule has 7 nitrogen and oxygen atoms in total. The molecule has 2 fully saturated rings. The third-order valence-electron chi connectivity index (χ3n) is 5.00. The Hall–Kier alpha value is -1.70. The molecule has 0 spiro atoms. The van der Waals surface area contributed by atoms with E-state index >= 15 is 0 Å². The van der Waals surface area contributed by atoms with Gasteiger partial charge in [0, 0.05) is 24.3 Å². The second-order valence-electron chi connectivity index (χ2n) is 7.02. The molecule has 138 valence electrons.